The van der Waals surface area contributed by atoms with Crippen LogP contribution in [0.15, 0.2) is 16.9 Å². The molecule has 0 spiro atoms. The van der Waals surface area contributed by atoms with Crippen molar-refractivity contribution in [3.63, 3.8) is 0 Å². The Hall–Kier alpha value is -2.38. The molecule has 2 rings (SSSR count). The van der Waals surface area contributed by atoms with E-state index < -0.39 is 0 Å². The van der Waals surface area contributed by atoms with Gasteiger partial charge in [-0.05, 0) is 13.8 Å². The molecule has 0 saturated carbocycles. The van der Waals surface area contributed by atoms with E-state index in [1.165, 1.54) is 0 Å². The second-order valence-corrected chi connectivity index (χ2v) is 3.94. The number of hydrogen-bond donors (Lipinski definition) is 2. The largest absolute Gasteiger partial charge is 0.360 e. The standard InChI is InChI=1S/C10H14N6O2/c1-6-4-8(15-18-6)13-10(17)12-7(2)9-14-11-5-16(9)3/h4-5,7H,1-3H3,(H2,12,13,15,17)/t7-/m0/s1. The lowest BCUT2D eigenvalue weighted by atomic mass is 10.3. The van der Waals surface area contributed by atoms with Gasteiger partial charge in [-0.15, -0.1) is 10.2 Å². The molecule has 18 heavy (non-hydrogen) atoms. The predicted octanol–water partition coefficient (Wildman–Crippen LogP) is 0.994. The van der Waals surface area contributed by atoms with Crippen molar-refractivity contribution in [3.8, 4) is 0 Å². The number of nitrogens with one attached hydrogen (secondary N) is 2. The molecule has 0 aromatic carbocycles. The van der Waals surface area contributed by atoms with Crippen molar-refractivity contribution in [3.05, 3.63) is 24.0 Å². The Morgan fingerprint density at radius 3 is 2.89 bits per heavy atom. The molecule has 0 bridgehead atoms. The molecular formula is C10H14N6O2. The van der Waals surface area contributed by atoms with Crippen LogP contribution >= 0.6 is 0 Å². The molecule has 1 atom stereocenters. The van der Waals surface area contributed by atoms with E-state index in [0.717, 1.165) is 0 Å². The zero-order valence-electron chi connectivity index (χ0n) is 10.3. The summed E-state index contributed by atoms with van der Waals surface area (Å²) in [5.74, 6) is 1.67. The van der Waals surface area contributed by atoms with Gasteiger partial charge in [0.25, 0.3) is 0 Å². The highest BCUT2D eigenvalue weighted by atomic mass is 16.5. The highest BCUT2D eigenvalue weighted by Gasteiger charge is 2.14. The minimum atomic E-state index is -0.376. The van der Waals surface area contributed by atoms with Crippen molar-refractivity contribution in [2.24, 2.45) is 7.05 Å². The lowest BCUT2D eigenvalue weighted by Gasteiger charge is -2.12. The zero-order chi connectivity index (χ0) is 13.1. The van der Waals surface area contributed by atoms with Crippen molar-refractivity contribution in [1.82, 2.24) is 25.2 Å². The monoisotopic (exact) mass is 250 g/mol. The fourth-order valence-electron chi connectivity index (χ4n) is 1.52. The molecule has 0 aliphatic carbocycles. The van der Waals surface area contributed by atoms with E-state index in [4.69, 9.17) is 4.52 Å². The summed E-state index contributed by atoms with van der Waals surface area (Å²) < 4.78 is 6.58. The summed E-state index contributed by atoms with van der Waals surface area (Å²) in [6, 6.07) is 0.997. The van der Waals surface area contributed by atoms with Crippen LogP contribution in [0.4, 0.5) is 10.6 Å². The molecule has 8 heteroatoms. The summed E-state index contributed by atoms with van der Waals surface area (Å²) in [7, 11) is 1.81. The van der Waals surface area contributed by atoms with Gasteiger partial charge >= 0.3 is 6.03 Å². The topological polar surface area (TPSA) is 97.9 Å². The SMILES string of the molecule is Cc1cc(NC(=O)N[C@@H](C)c2nncn2C)no1. The molecule has 8 nitrogen and oxygen atoms in total. The van der Waals surface area contributed by atoms with E-state index in [9.17, 15) is 4.79 Å². The van der Waals surface area contributed by atoms with Crippen LogP contribution in [0.3, 0.4) is 0 Å². The number of nitrogens with zero attached hydrogens (tertiary/aromatic N) is 4. The Kier molecular flexibility index (Phi) is 3.26. The maximum Gasteiger partial charge on any atom is 0.321 e. The van der Waals surface area contributed by atoms with Crippen molar-refractivity contribution >= 4 is 11.8 Å². The summed E-state index contributed by atoms with van der Waals surface area (Å²) in [5, 5.41) is 16.6. The van der Waals surface area contributed by atoms with Gasteiger partial charge in [0.05, 0.1) is 6.04 Å². The first kappa shape index (κ1) is 12.1. The molecular weight excluding hydrogens is 236 g/mol. The van der Waals surface area contributed by atoms with Crippen LogP contribution in [0, 0.1) is 6.92 Å². The minimum Gasteiger partial charge on any atom is -0.360 e. The van der Waals surface area contributed by atoms with Gasteiger partial charge < -0.3 is 14.4 Å². The van der Waals surface area contributed by atoms with Crippen molar-refractivity contribution in [1.29, 1.82) is 0 Å². The number of rotatable bonds is 3. The van der Waals surface area contributed by atoms with Gasteiger partial charge in [-0.3, -0.25) is 5.32 Å². The van der Waals surface area contributed by atoms with Gasteiger partial charge in [-0.2, -0.15) is 0 Å². The van der Waals surface area contributed by atoms with E-state index in [1.54, 1.807) is 23.9 Å². The first-order chi connectivity index (χ1) is 8.56. The zero-order valence-corrected chi connectivity index (χ0v) is 10.3. The average molecular weight is 250 g/mol. The highest BCUT2D eigenvalue weighted by Crippen LogP contribution is 2.09. The molecule has 2 aromatic heterocycles. The van der Waals surface area contributed by atoms with Gasteiger partial charge in [0.15, 0.2) is 11.6 Å². The number of anilines is 1. The third-order valence-electron chi connectivity index (χ3n) is 2.35. The van der Waals surface area contributed by atoms with Crippen LogP contribution in [-0.2, 0) is 7.05 Å². The van der Waals surface area contributed by atoms with Crippen LogP contribution in [0.1, 0.15) is 24.6 Å². The maximum absolute atomic E-state index is 11.7. The number of aromatic nitrogens is 4. The fraction of sp³-hybridized carbons (Fsp3) is 0.400. The first-order valence-electron chi connectivity index (χ1n) is 5.41. The fourth-order valence-corrected chi connectivity index (χ4v) is 1.52. The van der Waals surface area contributed by atoms with E-state index in [0.29, 0.717) is 17.4 Å². The third kappa shape index (κ3) is 2.65. The summed E-state index contributed by atoms with van der Waals surface area (Å²) in [6.45, 7) is 3.57. The summed E-state index contributed by atoms with van der Waals surface area (Å²) >= 11 is 0. The Balaban J connectivity index is 1.93. The summed E-state index contributed by atoms with van der Waals surface area (Å²) in [6.07, 6.45) is 1.58. The van der Waals surface area contributed by atoms with Crippen LogP contribution in [-0.4, -0.2) is 26.0 Å². The maximum atomic E-state index is 11.7. The van der Waals surface area contributed by atoms with Crippen molar-refractivity contribution in [2.45, 2.75) is 19.9 Å². The number of carbonyl (C=O) groups is 1. The second-order valence-electron chi connectivity index (χ2n) is 3.94. The van der Waals surface area contributed by atoms with Crippen LogP contribution in [0.2, 0.25) is 0 Å². The molecule has 0 saturated heterocycles. The van der Waals surface area contributed by atoms with Crippen LogP contribution < -0.4 is 10.6 Å². The molecule has 0 aliphatic rings. The minimum absolute atomic E-state index is 0.259. The third-order valence-corrected chi connectivity index (χ3v) is 2.35. The lowest BCUT2D eigenvalue weighted by Crippen LogP contribution is -2.32. The first-order valence-corrected chi connectivity index (χ1v) is 5.41. The van der Waals surface area contributed by atoms with Crippen LogP contribution in [0.5, 0.6) is 0 Å². The molecule has 2 heterocycles. The number of urea groups is 1. The van der Waals surface area contributed by atoms with Crippen molar-refractivity contribution in [2.75, 3.05) is 5.32 Å². The van der Waals surface area contributed by atoms with Crippen molar-refractivity contribution < 1.29 is 9.32 Å². The smallest absolute Gasteiger partial charge is 0.321 e. The quantitative estimate of drug-likeness (QED) is 0.846. The van der Waals surface area contributed by atoms with Gasteiger partial charge in [-0.1, -0.05) is 5.16 Å². The highest BCUT2D eigenvalue weighted by molar-refractivity contribution is 5.88. The van der Waals surface area contributed by atoms with E-state index in [2.05, 4.69) is 26.0 Å². The number of aryl methyl sites for hydroxylation is 2. The normalized spacial score (nSPS) is 12.2. The predicted molar refractivity (Wildman–Crippen MR) is 62.8 cm³/mol. The van der Waals surface area contributed by atoms with Gasteiger partial charge in [0, 0.05) is 13.1 Å². The molecule has 0 fully saturated rings. The number of hydrogen-bond acceptors (Lipinski definition) is 5. The Morgan fingerprint density at radius 1 is 1.56 bits per heavy atom. The van der Waals surface area contributed by atoms with E-state index >= 15 is 0 Å². The average Bonchev–Trinajstić information content (AvgIpc) is 2.87. The lowest BCUT2D eigenvalue weighted by molar-refractivity contribution is 0.248. The van der Waals surface area contributed by atoms with Gasteiger partial charge in [0.2, 0.25) is 0 Å². The summed E-state index contributed by atoms with van der Waals surface area (Å²) in [5.41, 5.74) is 0. The molecule has 2 amide bonds. The van der Waals surface area contributed by atoms with E-state index in [1.807, 2.05) is 14.0 Å². The van der Waals surface area contributed by atoms with Gasteiger partial charge in [0.1, 0.15) is 12.1 Å². The molecule has 96 valence electrons. The molecule has 0 aliphatic heterocycles. The second kappa shape index (κ2) is 4.86. The Bertz CT molecular complexity index is 546. The van der Waals surface area contributed by atoms with Crippen LogP contribution in [0.25, 0.3) is 0 Å². The summed E-state index contributed by atoms with van der Waals surface area (Å²) in [4.78, 5) is 11.7. The number of amides is 2. The van der Waals surface area contributed by atoms with Gasteiger partial charge in [-0.25, -0.2) is 4.79 Å². The molecule has 0 radical (unpaired) electrons. The van der Waals surface area contributed by atoms with E-state index in [-0.39, 0.29) is 12.1 Å². The number of carbonyl (C=O) groups excluding carboxylic acids is 1. The Morgan fingerprint density at radius 2 is 2.33 bits per heavy atom. The Labute approximate surface area is 103 Å². The molecule has 2 aromatic rings. The molecule has 0 unspecified atom stereocenters. The molecule has 2 N–H and O–H groups in total.